The van der Waals surface area contributed by atoms with Gasteiger partial charge >= 0.3 is 0 Å². The predicted molar refractivity (Wildman–Crippen MR) is 210 cm³/mol. The van der Waals surface area contributed by atoms with Crippen LogP contribution in [0, 0.1) is 11.3 Å². The van der Waals surface area contributed by atoms with E-state index >= 15 is 0 Å². The van der Waals surface area contributed by atoms with Crippen LogP contribution in [0.4, 0.5) is 0 Å². The zero-order valence-corrected chi connectivity index (χ0v) is 27.9. The molecule has 5 heteroatoms. The van der Waals surface area contributed by atoms with Crippen molar-refractivity contribution in [3.05, 3.63) is 175 Å². The van der Waals surface area contributed by atoms with Gasteiger partial charge in [-0.25, -0.2) is 9.97 Å². The van der Waals surface area contributed by atoms with Crippen LogP contribution in [0.1, 0.15) is 5.56 Å². The second-order valence-electron chi connectivity index (χ2n) is 12.8. The summed E-state index contributed by atoms with van der Waals surface area (Å²) in [5.41, 5.74) is 11.2. The number of nitrogens with zero attached hydrogens (tertiary/aromatic N) is 4. The summed E-state index contributed by atoms with van der Waals surface area (Å²) in [7, 11) is 0. The van der Waals surface area contributed by atoms with Crippen molar-refractivity contribution in [3.63, 3.8) is 0 Å². The molecule has 0 spiro atoms. The molecule has 242 valence electrons. The van der Waals surface area contributed by atoms with Gasteiger partial charge in [0.25, 0.3) is 0 Å². The maximum Gasteiger partial charge on any atom is 0.161 e. The molecule has 10 aromatic rings. The number of furan rings is 1. The monoisotopic (exact) mass is 664 g/mol. The number of rotatable bonds is 5. The van der Waals surface area contributed by atoms with Crippen LogP contribution in [0.5, 0.6) is 0 Å². The highest BCUT2D eigenvalue weighted by atomic mass is 16.3. The van der Waals surface area contributed by atoms with E-state index in [0.29, 0.717) is 22.8 Å². The fraction of sp³-hybridized carbons (Fsp3) is 0. The van der Waals surface area contributed by atoms with Crippen LogP contribution in [-0.2, 0) is 0 Å². The van der Waals surface area contributed by atoms with E-state index in [0.717, 1.165) is 77.2 Å². The fourth-order valence-corrected chi connectivity index (χ4v) is 7.53. The largest absolute Gasteiger partial charge is 0.455 e. The fourth-order valence-electron chi connectivity index (χ4n) is 7.53. The number of hydrogen-bond donors (Lipinski definition) is 0. The first-order valence-electron chi connectivity index (χ1n) is 17.2. The number of aromatic nitrogens is 3. The third-order valence-electron chi connectivity index (χ3n) is 9.88. The van der Waals surface area contributed by atoms with Gasteiger partial charge in [0, 0.05) is 38.5 Å². The molecule has 3 aromatic heterocycles. The molecule has 0 saturated carbocycles. The summed E-state index contributed by atoms with van der Waals surface area (Å²) in [6.45, 7) is 0. The Morgan fingerprint density at radius 3 is 1.77 bits per heavy atom. The second-order valence-corrected chi connectivity index (χ2v) is 12.8. The molecule has 0 unspecified atom stereocenters. The number of benzene rings is 7. The zero-order valence-electron chi connectivity index (χ0n) is 27.9. The van der Waals surface area contributed by atoms with E-state index in [4.69, 9.17) is 14.4 Å². The maximum absolute atomic E-state index is 10.5. The van der Waals surface area contributed by atoms with Crippen molar-refractivity contribution >= 4 is 43.7 Å². The molecule has 3 heterocycles. The molecular formula is C47H28N4O. The number of fused-ring (bicyclic) bond motifs is 7. The molecule has 0 fully saturated rings. The van der Waals surface area contributed by atoms with Crippen molar-refractivity contribution in [2.75, 3.05) is 0 Å². The van der Waals surface area contributed by atoms with Crippen LogP contribution in [0.25, 0.3) is 94.5 Å². The molecule has 7 aromatic carbocycles. The second kappa shape index (κ2) is 11.9. The molecule has 0 aliphatic carbocycles. The first-order chi connectivity index (χ1) is 25.8. The Morgan fingerprint density at radius 1 is 0.500 bits per heavy atom. The van der Waals surface area contributed by atoms with Crippen molar-refractivity contribution in [3.8, 4) is 56.8 Å². The molecule has 5 nitrogen and oxygen atoms in total. The summed E-state index contributed by atoms with van der Waals surface area (Å²) >= 11 is 0. The molecule has 0 N–H and O–H groups in total. The van der Waals surface area contributed by atoms with Crippen LogP contribution in [0.3, 0.4) is 0 Å². The number of para-hydroxylation sites is 2. The Bertz CT molecular complexity index is 2950. The lowest BCUT2D eigenvalue weighted by molar-refractivity contribution is 0.673. The van der Waals surface area contributed by atoms with Crippen LogP contribution in [0.2, 0.25) is 0 Å². The van der Waals surface area contributed by atoms with Crippen LogP contribution in [-0.4, -0.2) is 14.5 Å². The lowest BCUT2D eigenvalue weighted by atomic mass is 9.96. The quantitative estimate of drug-likeness (QED) is 0.184. The van der Waals surface area contributed by atoms with Crippen molar-refractivity contribution in [2.45, 2.75) is 0 Å². The minimum absolute atomic E-state index is 0.446. The summed E-state index contributed by atoms with van der Waals surface area (Å²) in [5, 5.41) is 14.9. The van der Waals surface area contributed by atoms with Crippen LogP contribution >= 0.6 is 0 Å². The van der Waals surface area contributed by atoms with Gasteiger partial charge in [0.15, 0.2) is 5.82 Å². The number of nitriles is 1. The molecule has 0 bridgehead atoms. The summed E-state index contributed by atoms with van der Waals surface area (Å²) in [6, 6.07) is 60.2. The summed E-state index contributed by atoms with van der Waals surface area (Å²) in [5.74, 6) is 0.549. The standard InChI is InChI=1S/C47H28N4O/c48-29-39-44(31-16-6-2-7-17-31)49-47(50-45(39)32-18-8-3-9-19-32)36-25-24-33(28-38(36)30-14-4-1-5-15-30)51-40-22-12-10-21-37(40)43-41(51)27-26-35-34-20-11-13-23-42(34)52-46(35)43/h1-28H. The smallest absolute Gasteiger partial charge is 0.161 e. The Kier molecular flexibility index (Phi) is 6.80. The third kappa shape index (κ3) is 4.63. The normalized spacial score (nSPS) is 11.4. The average Bonchev–Trinajstić information content (AvgIpc) is 3.77. The van der Waals surface area contributed by atoms with E-state index < -0.39 is 0 Å². The Balaban J connectivity index is 1.25. The molecule has 0 aliphatic heterocycles. The molecule has 0 atom stereocenters. The van der Waals surface area contributed by atoms with Gasteiger partial charge in [-0.15, -0.1) is 0 Å². The summed E-state index contributed by atoms with van der Waals surface area (Å²) in [6.07, 6.45) is 0. The topological polar surface area (TPSA) is 67.6 Å². The van der Waals surface area contributed by atoms with Gasteiger partial charge in [-0.05, 0) is 53.6 Å². The van der Waals surface area contributed by atoms with E-state index in [9.17, 15) is 5.26 Å². The highest BCUT2D eigenvalue weighted by Gasteiger charge is 2.22. The lowest BCUT2D eigenvalue weighted by Crippen LogP contribution is -2.02. The minimum Gasteiger partial charge on any atom is -0.455 e. The predicted octanol–water partition coefficient (Wildman–Crippen LogP) is 12.0. The van der Waals surface area contributed by atoms with Gasteiger partial charge < -0.3 is 8.98 Å². The minimum atomic E-state index is 0.446. The van der Waals surface area contributed by atoms with Gasteiger partial charge in [0.1, 0.15) is 22.8 Å². The Hall–Kier alpha value is -7.29. The zero-order chi connectivity index (χ0) is 34.6. The van der Waals surface area contributed by atoms with Gasteiger partial charge in [0.2, 0.25) is 0 Å². The highest BCUT2D eigenvalue weighted by Crippen LogP contribution is 2.42. The summed E-state index contributed by atoms with van der Waals surface area (Å²) in [4.78, 5) is 10.3. The molecule has 0 radical (unpaired) electrons. The van der Waals surface area contributed by atoms with E-state index in [-0.39, 0.29) is 0 Å². The van der Waals surface area contributed by atoms with E-state index in [2.05, 4.69) is 102 Å². The van der Waals surface area contributed by atoms with E-state index in [1.54, 1.807) is 0 Å². The SMILES string of the molecule is N#Cc1c(-c2ccccc2)nc(-c2ccc(-n3c4ccccc4c4c5oc6ccccc6c5ccc43)cc2-c2ccccc2)nc1-c1ccccc1. The molecule has 0 aliphatic rings. The van der Waals surface area contributed by atoms with Crippen molar-refractivity contribution in [2.24, 2.45) is 0 Å². The maximum atomic E-state index is 10.5. The Labute approximate surface area is 299 Å². The van der Waals surface area contributed by atoms with E-state index in [1.807, 2.05) is 78.9 Å². The van der Waals surface area contributed by atoms with Gasteiger partial charge in [-0.3, -0.25) is 0 Å². The first kappa shape index (κ1) is 29.6. The summed E-state index contributed by atoms with van der Waals surface area (Å²) < 4.78 is 8.87. The number of hydrogen-bond acceptors (Lipinski definition) is 4. The van der Waals surface area contributed by atoms with Crippen molar-refractivity contribution in [1.82, 2.24) is 14.5 Å². The van der Waals surface area contributed by atoms with E-state index in [1.165, 1.54) is 0 Å². The third-order valence-corrected chi connectivity index (χ3v) is 9.88. The molecule has 10 rings (SSSR count). The molecule has 0 saturated heterocycles. The Morgan fingerprint density at radius 2 is 1.10 bits per heavy atom. The highest BCUT2D eigenvalue weighted by molar-refractivity contribution is 6.23. The average molecular weight is 665 g/mol. The van der Waals surface area contributed by atoms with Gasteiger partial charge in [-0.1, -0.05) is 127 Å². The van der Waals surface area contributed by atoms with Crippen molar-refractivity contribution in [1.29, 1.82) is 5.26 Å². The molecular weight excluding hydrogens is 637 g/mol. The van der Waals surface area contributed by atoms with Gasteiger partial charge in [-0.2, -0.15) is 5.26 Å². The molecule has 0 amide bonds. The molecule has 52 heavy (non-hydrogen) atoms. The van der Waals surface area contributed by atoms with Crippen molar-refractivity contribution < 1.29 is 4.42 Å². The lowest BCUT2D eigenvalue weighted by Gasteiger charge is -2.16. The van der Waals surface area contributed by atoms with Crippen LogP contribution < -0.4 is 0 Å². The first-order valence-corrected chi connectivity index (χ1v) is 17.2. The van der Waals surface area contributed by atoms with Crippen LogP contribution in [0.15, 0.2) is 174 Å². The van der Waals surface area contributed by atoms with Gasteiger partial charge in [0.05, 0.1) is 27.8 Å².